The summed E-state index contributed by atoms with van der Waals surface area (Å²) >= 11 is 5.03. The lowest BCUT2D eigenvalue weighted by molar-refractivity contribution is -0.110. The van der Waals surface area contributed by atoms with Gasteiger partial charge >= 0.3 is 0 Å². The van der Waals surface area contributed by atoms with Crippen LogP contribution in [0.2, 0.25) is 0 Å². The second kappa shape index (κ2) is 6.57. The van der Waals surface area contributed by atoms with Crippen LogP contribution in [0.25, 0.3) is 0 Å². The fourth-order valence-electron chi connectivity index (χ4n) is 3.84. The Balaban J connectivity index is 1.78. The van der Waals surface area contributed by atoms with Crippen molar-refractivity contribution in [3.8, 4) is 6.07 Å². The molecule has 0 spiro atoms. The molecule has 2 aliphatic rings. The van der Waals surface area contributed by atoms with Gasteiger partial charge in [-0.1, -0.05) is 36.7 Å². The second-order valence-corrected chi connectivity index (χ2v) is 10.2. The van der Waals surface area contributed by atoms with E-state index < -0.39 is 0 Å². The first-order chi connectivity index (χ1) is 12.8. The van der Waals surface area contributed by atoms with Crippen molar-refractivity contribution in [3.63, 3.8) is 0 Å². The smallest absolute Gasteiger partial charge is 0.275 e. The lowest BCUT2D eigenvalue weighted by Crippen LogP contribution is -2.26. The van der Waals surface area contributed by atoms with Crippen molar-refractivity contribution in [1.82, 2.24) is 0 Å². The Kier molecular flexibility index (Phi) is 4.48. The average Bonchev–Trinajstić information content (AvgIpc) is 3.11. The van der Waals surface area contributed by atoms with Crippen molar-refractivity contribution in [2.45, 2.75) is 40.0 Å². The number of nitrogens with one attached hydrogen (secondary N) is 1. The van der Waals surface area contributed by atoms with Gasteiger partial charge in [-0.05, 0) is 54.4 Å². The monoisotopic (exact) mass is 441 g/mol. The minimum absolute atomic E-state index is 0.217. The first kappa shape index (κ1) is 18.4. The fourth-order valence-corrected chi connectivity index (χ4v) is 5.46. The standard InChI is InChI=1S/C21H20BrN3OS/c1-21(2,3)11-4-6-13-15(10-23)20(27-17(13)8-11)25-18-14-9-12(22)5-7-16(14)24-19(18)26/h5,7,9,11H,4,6,8H2,1-3H3,(H,24,25,26)/t11-/m1/s1. The van der Waals surface area contributed by atoms with Gasteiger partial charge in [0.25, 0.3) is 5.91 Å². The molecule has 0 bridgehead atoms. The van der Waals surface area contributed by atoms with Crippen LogP contribution in [0.4, 0.5) is 10.7 Å². The summed E-state index contributed by atoms with van der Waals surface area (Å²) < 4.78 is 0.893. The molecule has 27 heavy (non-hydrogen) atoms. The molecule has 1 atom stereocenters. The molecule has 138 valence electrons. The summed E-state index contributed by atoms with van der Waals surface area (Å²) in [6, 6.07) is 7.98. The summed E-state index contributed by atoms with van der Waals surface area (Å²) in [6.45, 7) is 6.83. The number of amides is 1. The largest absolute Gasteiger partial charge is 0.320 e. The number of anilines is 1. The lowest BCUT2D eigenvalue weighted by Gasteiger charge is -2.33. The quantitative estimate of drug-likeness (QED) is 0.624. The van der Waals surface area contributed by atoms with Crippen molar-refractivity contribution in [1.29, 1.82) is 5.26 Å². The van der Waals surface area contributed by atoms with Crippen LogP contribution >= 0.6 is 27.3 Å². The molecular weight excluding hydrogens is 422 g/mol. The Bertz CT molecular complexity index is 1020. The normalized spacial score (nSPS) is 20.2. The van der Waals surface area contributed by atoms with E-state index in [1.807, 2.05) is 18.2 Å². The number of thiophene rings is 1. The van der Waals surface area contributed by atoms with E-state index in [0.717, 1.165) is 40.5 Å². The van der Waals surface area contributed by atoms with Gasteiger partial charge in [0.1, 0.15) is 16.8 Å². The summed E-state index contributed by atoms with van der Waals surface area (Å²) in [5.74, 6) is 0.382. The van der Waals surface area contributed by atoms with Crippen LogP contribution in [0.1, 0.15) is 48.8 Å². The van der Waals surface area contributed by atoms with Gasteiger partial charge in [0.2, 0.25) is 0 Å². The molecule has 0 saturated heterocycles. The molecule has 4 nitrogen and oxygen atoms in total. The molecule has 0 fully saturated rings. The van der Waals surface area contributed by atoms with Crippen molar-refractivity contribution >= 4 is 49.6 Å². The van der Waals surface area contributed by atoms with E-state index in [1.54, 1.807) is 11.3 Å². The van der Waals surface area contributed by atoms with Crippen LogP contribution < -0.4 is 5.32 Å². The molecule has 0 saturated carbocycles. The highest BCUT2D eigenvalue weighted by molar-refractivity contribution is 9.10. The summed E-state index contributed by atoms with van der Waals surface area (Å²) in [5, 5.41) is 13.3. The maximum absolute atomic E-state index is 12.4. The number of halogens is 1. The van der Waals surface area contributed by atoms with Crippen LogP contribution in [-0.4, -0.2) is 11.6 Å². The van der Waals surface area contributed by atoms with Gasteiger partial charge in [-0.3, -0.25) is 4.79 Å². The highest BCUT2D eigenvalue weighted by Gasteiger charge is 2.33. The molecule has 1 aliphatic heterocycles. The number of benzene rings is 1. The lowest BCUT2D eigenvalue weighted by atomic mass is 9.72. The zero-order chi connectivity index (χ0) is 19.3. The van der Waals surface area contributed by atoms with Gasteiger partial charge in [-0.2, -0.15) is 5.26 Å². The number of hydrogen-bond acceptors (Lipinski definition) is 4. The van der Waals surface area contributed by atoms with Crippen LogP contribution in [0.5, 0.6) is 0 Å². The average molecular weight is 442 g/mol. The molecule has 1 aliphatic carbocycles. The number of carbonyl (C=O) groups excluding carboxylic acids is 1. The van der Waals surface area contributed by atoms with E-state index in [-0.39, 0.29) is 11.3 Å². The second-order valence-electron chi connectivity index (χ2n) is 8.21. The molecule has 1 amide bonds. The van der Waals surface area contributed by atoms with E-state index in [1.165, 1.54) is 4.88 Å². The number of rotatable bonds is 1. The van der Waals surface area contributed by atoms with Crippen LogP contribution in [0.15, 0.2) is 27.7 Å². The third-order valence-corrected chi connectivity index (χ3v) is 7.14. The van der Waals surface area contributed by atoms with Crippen molar-refractivity contribution in [2.75, 3.05) is 5.32 Å². The Morgan fingerprint density at radius 3 is 2.85 bits per heavy atom. The van der Waals surface area contributed by atoms with Gasteiger partial charge in [0.15, 0.2) is 0 Å². The summed E-state index contributed by atoms with van der Waals surface area (Å²) in [6.07, 6.45) is 2.99. The third kappa shape index (κ3) is 3.24. The minimum atomic E-state index is -0.217. The van der Waals surface area contributed by atoms with E-state index >= 15 is 0 Å². The molecule has 4 rings (SSSR count). The predicted molar refractivity (Wildman–Crippen MR) is 113 cm³/mol. The summed E-state index contributed by atoms with van der Waals surface area (Å²) in [7, 11) is 0. The van der Waals surface area contributed by atoms with E-state index in [0.29, 0.717) is 22.2 Å². The van der Waals surface area contributed by atoms with E-state index in [2.05, 4.69) is 53.1 Å². The number of carbonyl (C=O) groups is 1. The molecule has 0 radical (unpaired) electrons. The fraction of sp³-hybridized carbons (Fsp3) is 0.381. The predicted octanol–water partition coefficient (Wildman–Crippen LogP) is 5.61. The zero-order valence-corrected chi connectivity index (χ0v) is 17.9. The molecule has 1 aromatic carbocycles. The van der Waals surface area contributed by atoms with Gasteiger partial charge in [0, 0.05) is 14.9 Å². The highest BCUT2D eigenvalue weighted by Crippen LogP contribution is 2.45. The SMILES string of the molecule is CC(C)(C)[C@@H]1CCc2c(sc(N=C3C(=O)Nc4ccc(Br)cc43)c2C#N)C1. The third-order valence-electron chi connectivity index (χ3n) is 5.50. The number of nitriles is 1. The maximum atomic E-state index is 12.4. The van der Waals surface area contributed by atoms with Crippen molar-refractivity contribution in [2.24, 2.45) is 16.3 Å². The molecule has 0 unspecified atom stereocenters. The minimum Gasteiger partial charge on any atom is -0.320 e. The Morgan fingerprint density at radius 1 is 1.37 bits per heavy atom. The van der Waals surface area contributed by atoms with Gasteiger partial charge < -0.3 is 5.32 Å². The zero-order valence-electron chi connectivity index (χ0n) is 15.5. The van der Waals surface area contributed by atoms with E-state index in [4.69, 9.17) is 0 Å². The van der Waals surface area contributed by atoms with Crippen molar-refractivity contribution < 1.29 is 4.79 Å². The van der Waals surface area contributed by atoms with Crippen LogP contribution in [-0.2, 0) is 17.6 Å². The first-order valence-electron chi connectivity index (χ1n) is 9.02. The van der Waals surface area contributed by atoms with Gasteiger partial charge in [-0.25, -0.2) is 4.99 Å². The van der Waals surface area contributed by atoms with Crippen molar-refractivity contribution in [3.05, 3.63) is 44.2 Å². The van der Waals surface area contributed by atoms with E-state index in [9.17, 15) is 10.1 Å². The number of hydrogen-bond donors (Lipinski definition) is 1. The first-order valence-corrected chi connectivity index (χ1v) is 10.6. The molecule has 2 heterocycles. The summed E-state index contributed by atoms with van der Waals surface area (Å²) in [5.41, 5.74) is 3.94. The highest BCUT2D eigenvalue weighted by atomic mass is 79.9. The topological polar surface area (TPSA) is 65.2 Å². The maximum Gasteiger partial charge on any atom is 0.275 e. The summed E-state index contributed by atoms with van der Waals surface area (Å²) in [4.78, 5) is 18.4. The van der Waals surface area contributed by atoms with Crippen LogP contribution in [0, 0.1) is 22.7 Å². The van der Waals surface area contributed by atoms with Gasteiger partial charge in [0.05, 0.1) is 11.3 Å². The molecule has 1 aromatic heterocycles. The van der Waals surface area contributed by atoms with Crippen LogP contribution in [0.3, 0.4) is 0 Å². The Hall–Kier alpha value is -1.97. The Morgan fingerprint density at radius 2 is 2.15 bits per heavy atom. The number of nitrogens with zero attached hydrogens (tertiary/aromatic N) is 2. The molecule has 2 aromatic rings. The Labute approximate surface area is 171 Å². The van der Waals surface area contributed by atoms with Gasteiger partial charge in [-0.15, -0.1) is 11.3 Å². The number of aliphatic imine (C=N–C) groups is 1. The number of fused-ring (bicyclic) bond motifs is 2. The molecule has 6 heteroatoms. The molecule has 1 N–H and O–H groups in total. The molecular formula is C21H20BrN3OS.